The van der Waals surface area contributed by atoms with Gasteiger partial charge in [0.05, 0.1) is 30.1 Å². The first-order chi connectivity index (χ1) is 12.8. The van der Waals surface area contributed by atoms with E-state index in [-0.39, 0.29) is 5.97 Å². The first kappa shape index (κ1) is 17.3. The summed E-state index contributed by atoms with van der Waals surface area (Å²) < 4.78 is 5.08. The van der Waals surface area contributed by atoms with Gasteiger partial charge in [0, 0.05) is 12.4 Å². The highest BCUT2D eigenvalue weighted by Crippen LogP contribution is 2.20. The van der Waals surface area contributed by atoms with Gasteiger partial charge in [0.15, 0.2) is 0 Å². The van der Waals surface area contributed by atoms with Crippen LogP contribution in [0, 0.1) is 0 Å². The summed E-state index contributed by atoms with van der Waals surface area (Å²) in [6.07, 6.45) is 3.39. The Kier molecular flexibility index (Phi) is 5.72. The van der Waals surface area contributed by atoms with Crippen LogP contribution in [0.3, 0.4) is 0 Å². The van der Waals surface area contributed by atoms with Gasteiger partial charge in [-0.3, -0.25) is 4.98 Å². The number of pyridine rings is 1. The molecule has 2 N–H and O–H groups in total. The van der Waals surface area contributed by atoms with Crippen molar-refractivity contribution in [3.63, 3.8) is 0 Å². The molecule has 0 unspecified atom stereocenters. The molecule has 0 fully saturated rings. The van der Waals surface area contributed by atoms with E-state index in [1.807, 2.05) is 24.3 Å². The molecule has 7 nitrogen and oxygen atoms in total. The average Bonchev–Trinajstić information content (AvgIpc) is 2.68. The molecule has 132 valence electrons. The molecule has 0 bridgehead atoms. The standard InChI is InChI=1S/C19H19N5O2/c1-2-26-18(25)15-8-3-4-9-16(15)23-19-21-12-10-17(24-19)22-13-14-7-5-6-11-20-14/h3-12H,2,13H2,1H3,(H2,21,22,23,24). The molecule has 0 aliphatic heterocycles. The average molecular weight is 349 g/mol. The fourth-order valence-electron chi connectivity index (χ4n) is 2.30. The molecule has 0 aliphatic rings. The van der Waals surface area contributed by atoms with Crippen LogP contribution in [0.4, 0.5) is 17.5 Å². The van der Waals surface area contributed by atoms with E-state index in [0.717, 1.165) is 5.69 Å². The lowest BCUT2D eigenvalue weighted by molar-refractivity contribution is 0.0527. The molecule has 3 aromatic rings. The summed E-state index contributed by atoms with van der Waals surface area (Å²) in [4.78, 5) is 24.9. The largest absolute Gasteiger partial charge is 0.462 e. The number of para-hydroxylation sites is 1. The molecule has 0 spiro atoms. The third kappa shape index (κ3) is 4.54. The zero-order chi connectivity index (χ0) is 18.2. The van der Waals surface area contributed by atoms with Crippen LogP contribution in [0.15, 0.2) is 60.9 Å². The lowest BCUT2D eigenvalue weighted by Gasteiger charge is -2.11. The molecular formula is C19H19N5O2. The number of carbonyl (C=O) groups is 1. The Morgan fingerprint density at radius 3 is 2.69 bits per heavy atom. The van der Waals surface area contributed by atoms with Gasteiger partial charge < -0.3 is 15.4 Å². The molecule has 7 heteroatoms. The van der Waals surface area contributed by atoms with Crippen molar-refractivity contribution in [2.24, 2.45) is 0 Å². The summed E-state index contributed by atoms with van der Waals surface area (Å²) >= 11 is 0. The van der Waals surface area contributed by atoms with Crippen molar-refractivity contribution in [2.45, 2.75) is 13.5 Å². The van der Waals surface area contributed by atoms with E-state index in [1.165, 1.54) is 0 Å². The third-order valence-corrected chi connectivity index (χ3v) is 3.50. The number of anilines is 3. The van der Waals surface area contributed by atoms with Crippen LogP contribution in [-0.2, 0) is 11.3 Å². The Balaban J connectivity index is 1.72. The summed E-state index contributed by atoms with van der Waals surface area (Å²) in [6, 6.07) is 14.6. The van der Waals surface area contributed by atoms with Gasteiger partial charge in [-0.05, 0) is 37.3 Å². The normalized spacial score (nSPS) is 10.2. The minimum absolute atomic E-state index is 0.316. The van der Waals surface area contributed by atoms with Crippen LogP contribution < -0.4 is 10.6 Å². The molecule has 0 amide bonds. The highest BCUT2D eigenvalue weighted by Gasteiger charge is 2.12. The Hall–Kier alpha value is -3.48. The predicted octanol–water partition coefficient (Wildman–Crippen LogP) is 3.40. The lowest BCUT2D eigenvalue weighted by Crippen LogP contribution is -2.09. The van der Waals surface area contributed by atoms with Crippen LogP contribution in [0.5, 0.6) is 0 Å². The number of ether oxygens (including phenoxy) is 1. The zero-order valence-corrected chi connectivity index (χ0v) is 14.3. The SMILES string of the molecule is CCOC(=O)c1ccccc1Nc1nccc(NCc2ccccn2)n1. The van der Waals surface area contributed by atoms with Crippen molar-refractivity contribution in [3.8, 4) is 0 Å². The number of nitrogens with zero attached hydrogens (tertiary/aromatic N) is 3. The van der Waals surface area contributed by atoms with Gasteiger partial charge in [0.2, 0.25) is 5.95 Å². The minimum atomic E-state index is -0.389. The van der Waals surface area contributed by atoms with E-state index in [0.29, 0.717) is 36.2 Å². The Morgan fingerprint density at radius 2 is 1.88 bits per heavy atom. The van der Waals surface area contributed by atoms with Crippen LogP contribution in [-0.4, -0.2) is 27.5 Å². The van der Waals surface area contributed by atoms with Crippen LogP contribution >= 0.6 is 0 Å². The highest BCUT2D eigenvalue weighted by molar-refractivity contribution is 5.96. The molecule has 0 radical (unpaired) electrons. The Bertz CT molecular complexity index is 871. The van der Waals surface area contributed by atoms with Crippen molar-refractivity contribution in [1.82, 2.24) is 15.0 Å². The smallest absolute Gasteiger partial charge is 0.340 e. The van der Waals surface area contributed by atoms with E-state index < -0.39 is 0 Å². The van der Waals surface area contributed by atoms with Gasteiger partial charge in [0.1, 0.15) is 5.82 Å². The molecule has 2 heterocycles. The number of nitrogens with one attached hydrogen (secondary N) is 2. The van der Waals surface area contributed by atoms with Gasteiger partial charge in [-0.1, -0.05) is 18.2 Å². The van der Waals surface area contributed by atoms with Crippen molar-refractivity contribution < 1.29 is 9.53 Å². The van der Waals surface area contributed by atoms with Crippen molar-refractivity contribution in [1.29, 1.82) is 0 Å². The molecule has 1 aromatic carbocycles. The van der Waals surface area contributed by atoms with E-state index in [9.17, 15) is 4.79 Å². The molecule has 0 saturated carbocycles. The topological polar surface area (TPSA) is 89.0 Å². The first-order valence-corrected chi connectivity index (χ1v) is 8.26. The maximum atomic E-state index is 12.1. The summed E-state index contributed by atoms with van der Waals surface area (Å²) in [7, 11) is 0. The number of carbonyl (C=O) groups excluding carboxylic acids is 1. The van der Waals surface area contributed by atoms with E-state index in [2.05, 4.69) is 25.6 Å². The number of benzene rings is 1. The number of hydrogen-bond acceptors (Lipinski definition) is 7. The Morgan fingerprint density at radius 1 is 1.04 bits per heavy atom. The van der Waals surface area contributed by atoms with Crippen LogP contribution in [0.2, 0.25) is 0 Å². The monoisotopic (exact) mass is 349 g/mol. The number of esters is 1. The maximum Gasteiger partial charge on any atom is 0.340 e. The lowest BCUT2D eigenvalue weighted by atomic mass is 10.2. The fourth-order valence-corrected chi connectivity index (χ4v) is 2.30. The zero-order valence-electron chi connectivity index (χ0n) is 14.3. The fraction of sp³-hybridized carbons (Fsp3) is 0.158. The van der Waals surface area contributed by atoms with Crippen molar-refractivity contribution in [3.05, 3.63) is 72.2 Å². The van der Waals surface area contributed by atoms with Crippen molar-refractivity contribution >= 4 is 23.4 Å². The van der Waals surface area contributed by atoms with Crippen LogP contribution in [0.1, 0.15) is 23.0 Å². The molecule has 26 heavy (non-hydrogen) atoms. The molecule has 3 rings (SSSR count). The van der Waals surface area contributed by atoms with Gasteiger partial charge in [-0.25, -0.2) is 9.78 Å². The van der Waals surface area contributed by atoms with Gasteiger partial charge in [-0.15, -0.1) is 0 Å². The van der Waals surface area contributed by atoms with Gasteiger partial charge in [0.25, 0.3) is 0 Å². The number of aromatic nitrogens is 3. The third-order valence-electron chi connectivity index (χ3n) is 3.50. The van der Waals surface area contributed by atoms with Crippen molar-refractivity contribution in [2.75, 3.05) is 17.2 Å². The van der Waals surface area contributed by atoms with E-state index in [4.69, 9.17) is 4.74 Å². The number of hydrogen-bond donors (Lipinski definition) is 2. The van der Waals surface area contributed by atoms with Crippen LogP contribution in [0.25, 0.3) is 0 Å². The summed E-state index contributed by atoms with van der Waals surface area (Å²) in [5.74, 6) is 0.648. The number of rotatable bonds is 7. The summed E-state index contributed by atoms with van der Waals surface area (Å²) in [5, 5.41) is 6.27. The molecule has 2 aromatic heterocycles. The second kappa shape index (κ2) is 8.57. The maximum absolute atomic E-state index is 12.1. The molecule has 0 aliphatic carbocycles. The van der Waals surface area contributed by atoms with Gasteiger partial charge in [-0.2, -0.15) is 4.98 Å². The first-order valence-electron chi connectivity index (χ1n) is 8.26. The molecule has 0 atom stereocenters. The van der Waals surface area contributed by atoms with Gasteiger partial charge >= 0.3 is 5.97 Å². The van der Waals surface area contributed by atoms with E-state index >= 15 is 0 Å². The molecule has 0 saturated heterocycles. The predicted molar refractivity (Wildman–Crippen MR) is 99.3 cm³/mol. The highest BCUT2D eigenvalue weighted by atomic mass is 16.5. The second-order valence-electron chi connectivity index (χ2n) is 5.33. The van der Waals surface area contributed by atoms with E-state index in [1.54, 1.807) is 43.6 Å². The second-order valence-corrected chi connectivity index (χ2v) is 5.33. The summed E-state index contributed by atoms with van der Waals surface area (Å²) in [5.41, 5.74) is 1.94. The minimum Gasteiger partial charge on any atom is -0.462 e. The molecular weight excluding hydrogens is 330 g/mol. The quantitative estimate of drug-likeness (QED) is 0.632. The Labute approximate surface area is 151 Å². The summed E-state index contributed by atoms with van der Waals surface area (Å²) in [6.45, 7) is 2.64.